The normalized spacial score (nSPS) is 12.2. The average molecular weight is 294 g/mol. The van der Waals surface area contributed by atoms with Crippen LogP contribution in [0.3, 0.4) is 0 Å². The predicted molar refractivity (Wildman–Crippen MR) is 79.9 cm³/mol. The Balaban J connectivity index is 2.07. The zero-order valence-corrected chi connectivity index (χ0v) is 12.2. The second-order valence-electron chi connectivity index (χ2n) is 4.62. The highest BCUT2D eigenvalue weighted by Crippen LogP contribution is 2.21. The summed E-state index contributed by atoms with van der Waals surface area (Å²) in [6, 6.07) is 12.3. The lowest BCUT2D eigenvalue weighted by atomic mass is 10.0. The zero-order chi connectivity index (χ0) is 14.5. The summed E-state index contributed by atoms with van der Waals surface area (Å²) in [5, 5.41) is 3.81. The quantitative estimate of drug-likeness (QED) is 0.895. The fraction of sp³-hybridized carbons (Fsp3) is 0.250. The van der Waals surface area contributed by atoms with Gasteiger partial charge in [-0.2, -0.15) is 0 Å². The van der Waals surface area contributed by atoms with Gasteiger partial charge in [-0.05, 0) is 49.4 Å². The van der Waals surface area contributed by atoms with Crippen molar-refractivity contribution in [3.63, 3.8) is 0 Å². The van der Waals surface area contributed by atoms with Crippen molar-refractivity contribution in [2.75, 3.05) is 13.7 Å². The van der Waals surface area contributed by atoms with Crippen LogP contribution in [0.5, 0.6) is 5.75 Å². The Morgan fingerprint density at radius 3 is 2.70 bits per heavy atom. The molecule has 0 aliphatic heterocycles. The first kappa shape index (κ1) is 14.8. The molecule has 2 aromatic rings. The van der Waals surface area contributed by atoms with Crippen LogP contribution < -0.4 is 10.1 Å². The Morgan fingerprint density at radius 2 is 2.05 bits per heavy atom. The van der Waals surface area contributed by atoms with Crippen LogP contribution in [0.15, 0.2) is 42.5 Å². The van der Waals surface area contributed by atoms with E-state index in [0.717, 1.165) is 11.3 Å². The van der Waals surface area contributed by atoms with E-state index in [1.54, 1.807) is 25.1 Å². The molecule has 0 aliphatic rings. The third-order valence-corrected chi connectivity index (χ3v) is 3.38. The van der Waals surface area contributed by atoms with Gasteiger partial charge in [-0.25, -0.2) is 4.39 Å². The summed E-state index contributed by atoms with van der Waals surface area (Å²) in [6.45, 7) is 2.20. The summed E-state index contributed by atoms with van der Waals surface area (Å²) >= 11 is 5.91. The maximum Gasteiger partial charge on any atom is 0.126 e. The van der Waals surface area contributed by atoms with E-state index in [9.17, 15) is 4.39 Å². The molecule has 0 amide bonds. The summed E-state index contributed by atoms with van der Waals surface area (Å²) in [5.74, 6) is 0.524. The topological polar surface area (TPSA) is 21.3 Å². The molecule has 1 unspecified atom stereocenters. The zero-order valence-electron chi connectivity index (χ0n) is 11.5. The highest BCUT2D eigenvalue weighted by molar-refractivity contribution is 6.30. The van der Waals surface area contributed by atoms with Gasteiger partial charge in [0.15, 0.2) is 0 Å². The molecule has 0 saturated carbocycles. The highest BCUT2D eigenvalue weighted by atomic mass is 35.5. The molecule has 0 aliphatic carbocycles. The molecule has 106 valence electrons. The lowest BCUT2D eigenvalue weighted by Crippen LogP contribution is -2.23. The molecule has 0 bridgehead atoms. The van der Waals surface area contributed by atoms with Crippen LogP contribution in [0.4, 0.5) is 4.39 Å². The Labute approximate surface area is 123 Å². The number of nitrogens with one attached hydrogen (secondary N) is 1. The van der Waals surface area contributed by atoms with Crippen molar-refractivity contribution in [3.05, 3.63) is 64.4 Å². The summed E-state index contributed by atoms with van der Waals surface area (Å²) < 4.78 is 19.0. The predicted octanol–water partition coefficient (Wildman–Crippen LogP) is 4.13. The van der Waals surface area contributed by atoms with Crippen molar-refractivity contribution >= 4 is 11.6 Å². The molecule has 0 saturated heterocycles. The summed E-state index contributed by atoms with van der Waals surface area (Å²) in [6.07, 6.45) is 0. The van der Waals surface area contributed by atoms with E-state index >= 15 is 0 Å². The Morgan fingerprint density at radius 1 is 1.25 bits per heavy atom. The molecule has 1 N–H and O–H groups in total. The Bertz CT molecular complexity index is 588. The maximum atomic E-state index is 13.3. The van der Waals surface area contributed by atoms with Crippen LogP contribution in [0.2, 0.25) is 5.02 Å². The van der Waals surface area contributed by atoms with Gasteiger partial charge in [0.25, 0.3) is 0 Å². The van der Waals surface area contributed by atoms with Gasteiger partial charge in [-0.15, -0.1) is 0 Å². The molecule has 0 fully saturated rings. The number of ether oxygens (including phenoxy) is 1. The molecule has 20 heavy (non-hydrogen) atoms. The lowest BCUT2D eigenvalue weighted by Gasteiger charge is -2.18. The van der Waals surface area contributed by atoms with Crippen LogP contribution in [0.1, 0.15) is 17.2 Å². The van der Waals surface area contributed by atoms with Gasteiger partial charge in [-0.3, -0.25) is 0 Å². The number of hydrogen-bond acceptors (Lipinski definition) is 2. The van der Waals surface area contributed by atoms with Gasteiger partial charge in [-0.1, -0.05) is 29.8 Å². The minimum absolute atomic E-state index is 0.00622. The van der Waals surface area contributed by atoms with E-state index in [0.29, 0.717) is 17.2 Å². The van der Waals surface area contributed by atoms with Crippen molar-refractivity contribution in [1.82, 2.24) is 5.32 Å². The molecule has 0 radical (unpaired) electrons. The highest BCUT2D eigenvalue weighted by Gasteiger charge is 2.11. The van der Waals surface area contributed by atoms with Gasteiger partial charge in [0.1, 0.15) is 18.2 Å². The van der Waals surface area contributed by atoms with Crippen LogP contribution in [0, 0.1) is 12.7 Å². The van der Waals surface area contributed by atoms with E-state index in [1.807, 2.05) is 25.2 Å². The fourth-order valence-corrected chi connectivity index (χ4v) is 2.15. The average Bonchev–Trinajstić information content (AvgIpc) is 2.43. The van der Waals surface area contributed by atoms with Crippen molar-refractivity contribution in [2.24, 2.45) is 0 Å². The standard InChI is InChI=1S/C16H17ClFNO/c1-11-8-12(6-7-15(11)18)16(19-2)10-20-14-5-3-4-13(17)9-14/h3-9,16,19H,10H2,1-2H3. The van der Waals surface area contributed by atoms with E-state index in [-0.39, 0.29) is 11.9 Å². The molecule has 2 aromatic carbocycles. The molecule has 4 heteroatoms. The van der Waals surface area contributed by atoms with Gasteiger partial charge < -0.3 is 10.1 Å². The summed E-state index contributed by atoms with van der Waals surface area (Å²) in [7, 11) is 1.85. The van der Waals surface area contributed by atoms with Crippen molar-refractivity contribution in [2.45, 2.75) is 13.0 Å². The third kappa shape index (κ3) is 3.71. The molecular formula is C16H17ClFNO. The van der Waals surface area contributed by atoms with Crippen molar-refractivity contribution < 1.29 is 9.13 Å². The molecular weight excluding hydrogens is 277 g/mol. The number of aryl methyl sites for hydroxylation is 1. The molecule has 0 heterocycles. The monoisotopic (exact) mass is 293 g/mol. The first-order valence-electron chi connectivity index (χ1n) is 6.42. The second kappa shape index (κ2) is 6.73. The molecule has 2 rings (SSSR count). The van der Waals surface area contributed by atoms with Gasteiger partial charge >= 0.3 is 0 Å². The van der Waals surface area contributed by atoms with Crippen molar-refractivity contribution in [3.8, 4) is 5.75 Å². The Hall–Kier alpha value is -1.58. The van der Waals surface area contributed by atoms with Crippen LogP contribution in [0.25, 0.3) is 0 Å². The smallest absolute Gasteiger partial charge is 0.126 e. The van der Waals surface area contributed by atoms with Crippen LogP contribution in [-0.2, 0) is 0 Å². The largest absolute Gasteiger partial charge is 0.492 e. The van der Waals surface area contributed by atoms with Gasteiger partial charge in [0.2, 0.25) is 0 Å². The minimum atomic E-state index is -0.195. The van der Waals surface area contributed by atoms with E-state index in [4.69, 9.17) is 16.3 Å². The van der Waals surface area contributed by atoms with Gasteiger partial charge in [0, 0.05) is 5.02 Å². The fourth-order valence-electron chi connectivity index (χ4n) is 1.97. The molecule has 1 atom stereocenters. The molecule has 2 nitrogen and oxygen atoms in total. The minimum Gasteiger partial charge on any atom is -0.492 e. The number of halogens is 2. The SMILES string of the molecule is CNC(COc1cccc(Cl)c1)c1ccc(F)c(C)c1. The summed E-state index contributed by atoms with van der Waals surface area (Å²) in [5.41, 5.74) is 1.62. The van der Waals surface area contributed by atoms with E-state index < -0.39 is 0 Å². The first-order valence-corrected chi connectivity index (χ1v) is 6.79. The van der Waals surface area contributed by atoms with Crippen LogP contribution >= 0.6 is 11.6 Å². The van der Waals surface area contributed by atoms with Crippen molar-refractivity contribution in [1.29, 1.82) is 0 Å². The van der Waals surface area contributed by atoms with E-state index in [1.165, 1.54) is 6.07 Å². The Kier molecular flexibility index (Phi) is 4.99. The molecule has 0 spiro atoms. The second-order valence-corrected chi connectivity index (χ2v) is 5.05. The first-order chi connectivity index (χ1) is 9.60. The summed E-state index contributed by atoms with van der Waals surface area (Å²) in [4.78, 5) is 0. The number of benzene rings is 2. The number of hydrogen-bond donors (Lipinski definition) is 1. The third-order valence-electron chi connectivity index (χ3n) is 3.15. The number of likely N-dealkylation sites (N-methyl/N-ethyl adjacent to an activating group) is 1. The van der Waals surface area contributed by atoms with E-state index in [2.05, 4.69) is 5.32 Å². The maximum absolute atomic E-state index is 13.3. The lowest BCUT2D eigenvalue weighted by molar-refractivity contribution is 0.273. The number of rotatable bonds is 5. The van der Waals surface area contributed by atoms with Gasteiger partial charge in [0.05, 0.1) is 6.04 Å². The van der Waals surface area contributed by atoms with Crippen LogP contribution in [-0.4, -0.2) is 13.7 Å². The molecule has 0 aromatic heterocycles.